The second-order valence-electron chi connectivity index (χ2n) is 6.16. The molecule has 2 aromatic carbocycles. The van der Waals surface area contributed by atoms with E-state index in [1.807, 2.05) is 0 Å². The van der Waals surface area contributed by atoms with Gasteiger partial charge in [0.05, 0.1) is 22.9 Å². The minimum absolute atomic E-state index is 0.0132. The predicted molar refractivity (Wildman–Crippen MR) is 126 cm³/mol. The monoisotopic (exact) mass is 513 g/mol. The van der Waals surface area contributed by atoms with Crippen molar-refractivity contribution in [1.29, 1.82) is 0 Å². The zero-order valence-electron chi connectivity index (χ0n) is 16.4. The lowest BCUT2D eigenvalue weighted by molar-refractivity contribution is 0.0527. The Balaban J connectivity index is 1.83. The van der Waals surface area contributed by atoms with Crippen LogP contribution in [0.3, 0.4) is 0 Å². The Morgan fingerprint density at radius 1 is 1.06 bits per heavy atom. The fourth-order valence-electron chi connectivity index (χ4n) is 2.50. The Hall–Kier alpha value is -2.71. The zero-order valence-corrected chi connectivity index (χ0v) is 19.4. The standard InChI is InChI=1S/C21H15Cl4N3O4/c1-2-31-21(30)17-18(25)16(32-20(17)27-13-6-4-12(22)5-7-13)10-26-28-19(29)11-3-8-14(23)15(24)9-11/h3-10,27H,2H2,1H3,(H,28,29)/b26-10-. The number of amides is 1. The van der Waals surface area contributed by atoms with Crippen molar-refractivity contribution >= 4 is 76.1 Å². The van der Waals surface area contributed by atoms with Crippen LogP contribution in [0.2, 0.25) is 20.1 Å². The van der Waals surface area contributed by atoms with Crippen LogP contribution in [0.25, 0.3) is 0 Å². The van der Waals surface area contributed by atoms with Crippen molar-refractivity contribution in [2.75, 3.05) is 11.9 Å². The van der Waals surface area contributed by atoms with Crippen LogP contribution in [0.1, 0.15) is 33.4 Å². The molecule has 0 aliphatic carbocycles. The summed E-state index contributed by atoms with van der Waals surface area (Å²) in [6.45, 7) is 1.81. The molecule has 1 heterocycles. The van der Waals surface area contributed by atoms with Gasteiger partial charge in [0.1, 0.15) is 10.6 Å². The summed E-state index contributed by atoms with van der Waals surface area (Å²) in [7, 11) is 0. The van der Waals surface area contributed by atoms with Crippen LogP contribution in [0, 0.1) is 0 Å². The number of ether oxygens (including phenoxy) is 1. The Labute approximate surface area is 203 Å². The molecule has 0 aliphatic heterocycles. The van der Waals surface area contributed by atoms with Crippen molar-refractivity contribution in [3.8, 4) is 0 Å². The molecule has 0 fully saturated rings. The number of nitrogens with zero attached hydrogens (tertiary/aromatic N) is 1. The van der Waals surface area contributed by atoms with Crippen LogP contribution in [0.15, 0.2) is 52.0 Å². The van der Waals surface area contributed by atoms with Crippen molar-refractivity contribution in [2.45, 2.75) is 6.92 Å². The van der Waals surface area contributed by atoms with Gasteiger partial charge in [0.15, 0.2) is 5.76 Å². The van der Waals surface area contributed by atoms with Crippen LogP contribution in [0.4, 0.5) is 11.6 Å². The van der Waals surface area contributed by atoms with Gasteiger partial charge in [-0.2, -0.15) is 5.10 Å². The number of hydrogen-bond acceptors (Lipinski definition) is 6. The highest BCUT2D eigenvalue weighted by molar-refractivity contribution is 6.42. The van der Waals surface area contributed by atoms with Crippen LogP contribution in [0.5, 0.6) is 0 Å². The molecule has 32 heavy (non-hydrogen) atoms. The molecule has 1 aromatic heterocycles. The number of benzene rings is 2. The van der Waals surface area contributed by atoms with Crippen LogP contribution >= 0.6 is 46.4 Å². The lowest BCUT2D eigenvalue weighted by atomic mass is 10.2. The molecular weight excluding hydrogens is 500 g/mol. The van der Waals surface area contributed by atoms with E-state index in [1.54, 1.807) is 31.2 Å². The van der Waals surface area contributed by atoms with Gasteiger partial charge in [-0.3, -0.25) is 4.79 Å². The molecule has 3 rings (SSSR count). The van der Waals surface area contributed by atoms with Crippen LogP contribution < -0.4 is 10.7 Å². The van der Waals surface area contributed by atoms with Crippen molar-refractivity contribution in [3.63, 3.8) is 0 Å². The zero-order chi connectivity index (χ0) is 23.3. The maximum atomic E-state index is 12.4. The summed E-state index contributed by atoms with van der Waals surface area (Å²) in [5.41, 5.74) is 3.15. The molecule has 166 valence electrons. The second-order valence-corrected chi connectivity index (χ2v) is 7.79. The Morgan fingerprint density at radius 2 is 1.78 bits per heavy atom. The Bertz CT molecular complexity index is 1180. The van der Waals surface area contributed by atoms with Crippen molar-refractivity contribution in [2.24, 2.45) is 5.10 Å². The van der Waals surface area contributed by atoms with E-state index in [1.165, 1.54) is 18.2 Å². The second kappa shape index (κ2) is 10.7. The molecule has 1 amide bonds. The third-order valence-electron chi connectivity index (χ3n) is 3.99. The largest absolute Gasteiger partial charge is 0.462 e. The molecule has 0 saturated carbocycles. The fraction of sp³-hybridized carbons (Fsp3) is 0.0952. The topological polar surface area (TPSA) is 92.9 Å². The normalized spacial score (nSPS) is 10.9. The minimum Gasteiger partial charge on any atom is -0.462 e. The smallest absolute Gasteiger partial charge is 0.345 e. The highest BCUT2D eigenvalue weighted by Crippen LogP contribution is 2.34. The number of esters is 1. The van der Waals surface area contributed by atoms with E-state index < -0.39 is 11.9 Å². The molecule has 7 nitrogen and oxygen atoms in total. The maximum Gasteiger partial charge on any atom is 0.345 e. The molecule has 0 bridgehead atoms. The molecule has 2 N–H and O–H groups in total. The summed E-state index contributed by atoms with van der Waals surface area (Å²) < 4.78 is 10.7. The van der Waals surface area contributed by atoms with Gasteiger partial charge in [0.25, 0.3) is 5.91 Å². The Kier molecular flexibility index (Phi) is 8.04. The SMILES string of the molecule is CCOC(=O)c1c(Nc2ccc(Cl)cc2)oc(/C=N\NC(=O)c2ccc(Cl)c(Cl)c2)c1Cl. The lowest BCUT2D eigenvalue weighted by Gasteiger charge is -2.06. The highest BCUT2D eigenvalue weighted by Gasteiger charge is 2.25. The minimum atomic E-state index is -0.683. The number of anilines is 2. The van der Waals surface area contributed by atoms with E-state index in [0.29, 0.717) is 15.7 Å². The average molecular weight is 515 g/mol. The number of hydrogen-bond donors (Lipinski definition) is 2. The first-order valence-electron chi connectivity index (χ1n) is 9.10. The van der Waals surface area contributed by atoms with Gasteiger partial charge in [0, 0.05) is 16.3 Å². The average Bonchev–Trinajstić information content (AvgIpc) is 3.06. The first kappa shape index (κ1) is 23.9. The van der Waals surface area contributed by atoms with E-state index in [0.717, 1.165) is 6.21 Å². The summed E-state index contributed by atoms with van der Waals surface area (Å²) in [6, 6.07) is 11.1. The summed E-state index contributed by atoms with van der Waals surface area (Å²) in [5, 5.41) is 7.85. The van der Waals surface area contributed by atoms with Gasteiger partial charge in [0.2, 0.25) is 5.88 Å². The summed E-state index contributed by atoms with van der Waals surface area (Å²) in [4.78, 5) is 24.6. The van der Waals surface area contributed by atoms with E-state index in [4.69, 9.17) is 55.6 Å². The van der Waals surface area contributed by atoms with Crippen LogP contribution in [-0.2, 0) is 4.74 Å². The first-order valence-corrected chi connectivity index (χ1v) is 10.6. The fourth-order valence-corrected chi connectivity index (χ4v) is 3.18. The molecule has 0 radical (unpaired) electrons. The quantitative estimate of drug-likeness (QED) is 0.211. The van der Waals surface area contributed by atoms with Crippen molar-refractivity contribution < 1.29 is 18.7 Å². The van der Waals surface area contributed by atoms with Gasteiger partial charge >= 0.3 is 5.97 Å². The van der Waals surface area contributed by atoms with E-state index >= 15 is 0 Å². The number of nitrogens with one attached hydrogen (secondary N) is 2. The molecule has 0 saturated heterocycles. The Morgan fingerprint density at radius 3 is 2.44 bits per heavy atom. The lowest BCUT2D eigenvalue weighted by Crippen LogP contribution is -2.17. The molecule has 0 unspecified atom stereocenters. The van der Waals surface area contributed by atoms with E-state index in [2.05, 4.69) is 15.8 Å². The third kappa shape index (κ3) is 5.75. The third-order valence-corrected chi connectivity index (χ3v) is 5.35. The first-order chi connectivity index (χ1) is 15.3. The highest BCUT2D eigenvalue weighted by atomic mass is 35.5. The number of hydrazone groups is 1. The van der Waals surface area contributed by atoms with E-state index in [9.17, 15) is 9.59 Å². The summed E-state index contributed by atoms with van der Waals surface area (Å²) >= 11 is 24.0. The maximum absolute atomic E-state index is 12.4. The van der Waals surface area contributed by atoms with Crippen molar-refractivity contribution in [3.05, 3.63) is 79.4 Å². The molecule has 3 aromatic rings. The number of carbonyl (C=O) groups excluding carboxylic acids is 2. The van der Waals surface area contributed by atoms with Gasteiger partial charge in [-0.15, -0.1) is 0 Å². The van der Waals surface area contributed by atoms with Gasteiger partial charge in [-0.05, 0) is 49.4 Å². The molecule has 0 atom stereocenters. The van der Waals surface area contributed by atoms with Gasteiger partial charge in [-0.25, -0.2) is 10.2 Å². The number of halogens is 4. The van der Waals surface area contributed by atoms with Gasteiger partial charge in [-0.1, -0.05) is 46.4 Å². The van der Waals surface area contributed by atoms with Crippen LogP contribution in [-0.4, -0.2) is 24.7 Å². The van der Waals surface area contributed by atoms with Crippen molar-refractivity contribution in [1.82, 2.24) is 5.43 Å². The molecule has 11 heteroatoms. The molecule has 0 spiro atoms. The summed E-state index contributed by atoms with van der Waals surface area (Å²) in [5.74, 6) is -1.14. The van der Waals surface area contributed by atoms with Gasteiger partial charge < -0.3 is 14.5 Å². The van der Waals surface area contributed by atoms with E-state index in [-0.39, 0.29) is 39.4 Å². The molecular formula is C21H15Cl4N3O4. The molecule has 0 aliphatic rings. The number of furan rings is 1. The summed E-state index contributed by atoms with van der Waals surface area (Å²) in [6.07, 6.45) is 1.16. The number of carbonyl (C=O) groups is 2. The predicted octanol–water partition coefficient (Wildman–Crippen LogP) is 6.58. The number of rotatable bonds is 7.